The molecule has 158 valence electrons. The maximum Gasteiger partial charge on any atom is 0.191 e. The smallest absolute Gasteiger partial charge is 0.191 e. The van der Waals surface area contributed by atoms with Crippen LogP contribution in [0.3, 0.4) is 0 Å². The average molecular weight is 534 g/mol. The first kappa shape index (κ1) is 23.5. The standard InChI is InChI=1S/C20H25ClFN5O.HI/c1-14(28-17-6-3-5-15(22)11-17)12-25-20(23-2)26-16-8-10-27(13-16)19-18(21)7-4-9-24-19;/h3-7,9,11,14,16H,8,10,12-13H2,1-2H3,(H2,23,25,26);1H. The molecule has 1 saturated heterocycles. The van der Waals surface area contributed by atoms with E-state index in [2.05, 4.69) is 25.5 Å². The Balaban J connectivity index is 0.00000300. The fraction of sp³-hybridized carbons (Fsp3) is 0.400. The van der Waals surface area contributed by atoms with E-state index in [-0.39, 0.29) is 41.9 Å². The van der Waals surface area contributed by atoms with Gasteiger partial charge in [0, 0.05) is 38.4 Å². The van der Waals surface area contributed by atoms with E-state index in [1.165, 1.54) is 12.1 Å². The first-order chi connectivity index (χ1) is 13.5. The number of ether oxygens (including phenoxy) is 1. The van der Waals surface area contributed by atoms with Crippen LogP contribution in [0.15, 0.2) is 47.6 Å². The van der Waals surface area contributed by atoms with E-state index in [1.54, 1.807) is 25.4 Å². The van der Waals surface area contributed by atoms with Gasteiger partial charge in [-0.2, -0.15) is 0 Å². The summed E-state index contributed by atoms with van der Waals surface area (Å²) in [6.45, 7) is 4.14. The van der Waals surface area contributed by atoms with E-state index >= 15 is 0 Å². The summed E-state index contributed by atoms with van der Waals surface area (Å²) in [5, 5.41) is 7.34. The lowest BCUT2D eigenvalue weighted by atomic mass is 10.3. The van der Waals surface area contributed by atoms with Crippen molar-refractivity contribution in [3.05, 3.63) is 53.4 Å². The number of hydrogen-bond donors (Lipinski definition) is 2. The number of nitrogens with zero attached hydrogens (tertiary/aromatic N) is 3. The quantitative estimate of drug-likeness (QED) is 0.337. The summed E-state index contributed by atoms with van der Waals surface area (Å²) >= 11 is 6.25. The van der Waals surface area contributed by atoms with Crippen molar-refractivity contribution in [1.82, 2.24) is 15.6 Å². The molecule has 2 unspecified atom stereocenters. The first-order valence-electron chi connectivity index (χ1n) is 9.30. The molecule has 0 spiro atoms. The third-order valence-electron chi connectivity index (χ3n) is 4.48. The van der Waals surface area contributed by atoms with Crippen LogP contribution in [0.4, 0.5) is 10.2 Å². The second-order valence-corrected chi connectivity index (χ2v) is 7.13. The molecular formula is C20H26ClFIN5O. The predicted octanol–water partition coefficient (Wildman–Crippen LogP) is 3.70. The van der Waals surface area contributed by atoms with E-state index in [0.717, 1.165) is 25.3 Å². The number of pyridine rings is 1. The van der Waals surface area contributed by atoms with Gasteiger partial charge in [-0.1, -0.05) is 17.7 Å². The second-order valence-electron chi connectivity index (χ2n) is 6.72. The van der Waals surface area contributed by atoms with Crippen LogP contribution in [0.1, 0.15) is 13.3 Å². The van der Waals surface area contributed by atoms with Crippen LogP contribution < -0.4 is 20.3 Å². The van der Waals surface area contributed by atoms with Crippen LogP contribution >= 0.6 is 35.6 Å². The fourth-order valence-electron chi connectivity index (χ4n) is 3.12. The molecule has 29 heavy (non-hydrogen) atoms. The van der Waals surface area contributed by atoms with Gasteiger partial charge in [0.15, 0.2) is 5.96 Å². The van der Waals surface area contributed by atoms with Crippen molar-refractivity contribution >= 4 is 47.4 Å². The summed E-state index contributed by atoms with van der Waals surface area (Å²) in [5.74, 6) is 1.71. The monoisotopic (exact) mass is 533 g/mol. The Morgan fingerprint density at radius 1 is 1.41 bits per heavy atom. The summed E-state index contributed by atoms with van der Waals surface area (Å²) in [4.78, 5) is 10.8. The number of aliphatic imine (C=N–C) groups is 1. The van der Waals surface area contributed by atoms with Gasteiger partial charge in [-0.05, 0) is 37.6 Å². The van der Waals surface area contributed by atoms with E-state index in [4.69, 9.17) is 16.3 Å². The summed E-state index contributed by atoms with van der Waals surface area (Å²) in [6, 6.07) is 10.1. The largest absolute Gasteiger partial charge is 0.489 e. The molecule has 6 nitrogen and oxygen atoms in total. The molecule has 2 N–H and O–H groups in total. The number of anilines is 1. The van der Waals surface area contributed by atoms with Crippen molar-refractivity contribution in [3.8, 4) is 5.75 Å². The van der Waals surface area contributed by atoms with E-state index in [0.29, 0.717) is 23.3 Å². The third-order valence-corrected chi connectivity index (χ3v) is 4.78. The molecule has 1 fully saturated rings. The molecule has 0 aliphatic carbocycles. The molecular weight excluding hydrogens is 508 g/mol. The van der Waals surface area contributed by atoms with E-state index < -0.39 is 0 Å². The van der Waals surface area contributed by atoms with E-state index in [1.807, 2.05) is 19.1 Å². The van der Waals surface area contributed by atoms with Crippen LogP contribution in [-0.4, -0.2) is 49.8 Å². The summed E-state index contributed by atoms with van der Waals surface area (Å²) < 4.78 is 19.0. The number of halogens is 3. The van der Waals surface area contributed by atoms with Crippen molar-refractivity contribution < 1.29 is 9.13 Å². The summed E-state index contributed by atoms with van der Waals surface area (Å²) in [6.07, 6.45) is 2.57. The zero-order valence-electron chi connectivity index (χ0n) is 16.4. The fourth-order valence-corrected chi connectivity index (χ4v) is 3.36. The van der Waals surface area contributed by atoms with Crippen LogP contribution in [0.25, 0.3) is 0 Å². The number of guanidine groups is 1. The Morgan fingerprint density at radius 2 is 2.24 bits per heavy atom. The van der Waals surface area contributed by atoms with Crippen LogP contribution in [-0.2, 0) is 0 Å². The van der Waals surface area contributed by atoms with Gasteiger partial charge >= 0.3 is 0 Å². The lowest BCUT2D eigenvalue weighted by molar-refractivity contribution is 0.223. The molecule has 2 aromatic rings. The van der Waals surface area contributed by atoms with Gasteiger partial charge < -0.3 is 20.3 Å². The molecule has 1 aromatic carbocycles. The van der Waals surface area contributed by atoms with Crippen LogP contribution in [0, 0.1) is 5.82 Å². The molecule has 0 radical (unpaired) electrons. The normalized spacial score (nSPS) is 17.4. The molecule has 3 rings (SSSR count). The molecule has 2 atom stereocenters. The lowest BCUT2D eigenvalue weighted by Gasteiger charge is -2.21. The minimum absolute atomic E-state index is 0. The topological polar surface area (TPSA) is 61.8 Å². The van der Waals surface area contributed by atoms with Gasteiger partial charge in [0.25, 0.3) is 0 Å². The minimum atomic E-state index is -0.311. The van der Waals surface area contributed by atoms with Crippen LogP contribution in [0.5, 0.6) is 5.75 Å². The van der Waals surface area contributed by atoms with Gasteiger partial charge in [-0.15, -0.1) is 24.0 Å². The lowest BCUT2D eigenvalue weighted by Crippen LogP contribution is -2.47. The molecule has 1 aliphatic heterocycles. The first-order valence-corrected chi connectivity index (χ1v) is 9.68. The maximum atomic E-state index is 13.3. The molecule has 0 amide bonds. The molecule has 0 bridgehead atoms. The van der Waals surface area contributed by atoms with Crippen molar-refractivity contribution in [3.63, 3.8) is 0 Å². The predicted molar refractivity (Wildman–Crippen MR) is 126 cm³/mol. The minimum Gasteiger partial charge on any atom is -0.489 e. The number of hydrogen-bond acceptors (Lipinski definition) is 4. The van der Waals surface area contributed by atoms with Crippen molar-refractivity contribution in [2.75, 3.05) is 31.6 Å². The van der Waals surface area contributed by atoms with Crippen LogP contribution in [0.2, 0.25) is 5.02 Å². The van der Waals surface area contributed by atoms with Gasteiger partial charge in [0.1, 0.15) is 23.5 Å². The van der Waals surface area contributed by atoms with E-state index in [9.17, 15) is 4.39 Å². The van der Waals surface area contributed by atoms with Crippen molar-refractivity contribution in [2.24, 2.45) is 4.99 Å². The van der Waals surface area contributed by atoms with Crippen molar-refractivity contribution in [2.45, 2.75) is 25.5 Å². The SMILES string of the molecule is CN=C(NCC(C)Oc1cccc(F)c1)NC1CCN(c2ncccc2Cl)C1.I. The molecule has 0 saturated carbocycles. The third kappa shape index (κ3) is 6.88. The number of rotatable bonds is 6. The Hall–Kier alpha value is -1.81. The Labute approximate surface area is 192 Å². The highest BCUT2D eigenvalue weighted by Gasteiger charge is 2.25. The molecule has 9 heteroatoms. The molecule has 2 heterocycles. The Kier molecular flexibility index (Phi) is 9.22. The van der Waals surface area contributed by atoms with Crippen molar-refractivity contribution in [1.29, 1.82) is 0 Å². The Bertz CT molecular complexity index is 825. The van der Waals surface area contributed by atoms with Gasteiger partial charge in [-0.3, -0.25) is 4.99 Å². The number of aromatic nitrogens is 1. The molecule has 1 aromatic heterocycles. The van der Waals surface area contributed by atoms with Gasteiger partial charge in [0.2, 0.25) is 0 Å². The second kappa shape index (κ2) is 11.4. The summed E-state index contributed by atoms with van der Waals surface area (Å²) in [5.41, 5.74) is 0. The summed E-state index contributed by atoms with van der Waals surface area (Å²) in [7, 11) is 1.73. The highest BCUT2D eigenvalue weighted by Crippen LogP contribution is 2.25. The highest BCUT2D eigenvalue weighted by atomic mass is 127. The van der Waals surface area contributed by atoms with Gasteiger partial charge in [-0.25, -0.2) is 9.37 Å². The highest BCUT2D eigenvalue weighted by molar-refractivity contribution is 14.0. The Morgan fingerprint density at radius 3 is 2.97 bits per heavy atom. The number of benzene rings is 1. The zero-order valence-corrected chi connectivity index (χ0v) is 19.5. The maximum absolute atomic E-state index is 13.3. The molecule has 1 aliphatic rings. The average Bonchev–Trinajstić information content (AvgIpc) is 3.13. The zero-order chi connectivity index (χ0) is 19.9. The number of nitrogens with one attached hydrogen (secondary N) is 2. The van der Waals surface area contributed by atoms with Gasteiger partial charge in [0.05, 0.1) is 11.6 Å².